The first kappa shape index (κ1) is 18.8. The Morgan fingerprint density at radius 3 is 2.48 bits per heavy atom. The van der Waals surface area contributed by atoms with Crippen LogP contribution in [0.4, 0.5) is 14.5 Å². The summed E-state index contributed by atoms with van der Waals surface area (Å²) in [6, 6.07) is 6.24. The molecule has 0 aliphatic carbocycles. The fourth-order valence-corrected chi connectivity index (χ4v) is 2.68. The van der Waals surface area contributed by atoms with Gasteiger partial charge in [0.15, 0.2) is 28.9 Å². The Morgan fingerprint density at radius 1 is 1.11 bits per heavy atom. The number of rotatable bonds is 6. The van der Waals surface area contributed by atoms with Crippen molar-refractivity contribution in [3.8, 4) is 11.5 Å². The Kier molecular flexibility index (Phi) is 5.36. The highest BCUT2D eigenvalue weighted by atomic mass is 19.2. The average Bonchev–Trinajstić information content (AvgIpc) is 3.08. The summed E-state index contributed by atoms with van der Waals surface area (Å²) >= 11 is 0. The summed E-state index contributed by atoms with van der Waals surface area (Å²) in [6.07, 6.45) is 0. The quantitative estimate of drug-likeness (QED) is 0.758. The molecule has 2 N–H and O–H groups in total. The predicted octanol–water partition coefficient (Wildman–Crippen LogP) is 3.19. The average molecular weight is 376 g/mol. The van der Waals surface area contributed by atoms with Crippen molar-refractivity contribution in [3.05, 3.63) is 53.1 Å². The van der Waals surface area contributed by atoms with E-state index in [0.717, 1.165) is 12.1 Å². The smallest absolute Gasteiger partial charge is 0.238 e. The van der Waals surface area contributed by atoms with Crippen molar-refractivity contribution in [1.29, 1.82) is 0 Å². The fraction of sp³-hybridized carbons (Fsp3) is 0.263. The summed E-state index contributed by atoms with van der Waals surface area (Å²) in [7, 11) is 0. The Morgan fingerprint density at radius 2 is 1.81 bits per heavy atom. The molecule has 3 rings (SSSR count). The Balaban J connectivity index is 1.65. The van der Waals surface area contributed by atoms with Crippen LogP contribution in [0.3, 0.4) is 0 Å². The van der Waals surface area contributed by atoms with Gasteiger partial charge in [-0.2, -0.15) is 0 Å². The molecular formula is C19H18F2N2O4. The maximum absolute atomic E-state index is 13.3. The highest BCUT2D eigenvalue weighted by Crippen LogP contribution is 2.37. The van der Waals surface area contributed by atoms with Crippen molar-refractivity contribution >= 4 is 17.4 Å². The first-order chi connectivity index (χ1) is 12.8. The molecule has 1 aliphatic rings. The number of carbonyl (C=O) groups is 2. The minimum absolute atomic E-state index is 0.0530. The molecular weight excluding hydrogens is 358 g/mol. The Hall–Kier alpha value is -3.00. The van der Waals surface area contributed by atoms with Crippen molar-refractivity contribution < 1.29 is 27.8 Å². The van der Waals surface area contributed by atoms with E-state index in [9.17, 15) is 18.4 Å². The molecule has 142 valence electrons. The first-order valence-corrected chi connectivity index (χ1v) is 8.28. The van der Waals surface area contributed by atoms with Gasteiger partial charge in [0.05, 0.1) is 12.2 Å². The molecule has 0 bridgehead atoms. The van der Waals surface area contributed by atoms with Crippen molar-refractivity contribution in [1.82, 2.24) is 5.32 Å². The number of halogens is 2. The van der Waals surface area contributed by atoms with Gasteiger partial charge in [-0.05, 0) is 37.6 Å². The van der Waals surface area contributed by atoms with Crippen LogP contribution >= 0.6 is 0 Å². The van der Waals surface area contributed by atoms with Crippen LogP contribution in [0, 0.1) is 11.6 Å². The summed E-state index contributed by atoms with van der Waals surface area (Å²) < 4.78 is 36.8. The summed E-state index contributed by atoms with van der Waals surface area (Å²) in [5.41, 5.74) is 1.13. The summed E-state index contributed by atoms with van der Waals surface area (Å²) in [6.45, 7) is 3.07. The lowest BCUT2D eigenvalue weighted by Gasteiger charge is -2.15. The lowest BCUT2D eigenvalue weighted by atomic mass is 10.1. The Bertz CT molecular complexity index is 902. The van der Waals surface area contributed by atoms with Gasteiger partial charge in [0.1, 0.15) is 0 Å². The highest BCUT2D eigenvalue weighted by Gasteiger charge is 2.20. The third-order valence-electron chi connectivity index (χ3n) is 4.18. The van der Waals surface area contributed by atoms with Crippen LogP contribution in [0.15, 0.2) is 30.3 Å². The minimum atomic E-state index is -0.947. The Labute approximate surface area is 154 Å². The molecule has 1 heterocycles. The first-order valence-electron chi connectivity index (χ1n) is 8.28. The number of nitrogens with one attached hydrogen (secondary N) is 2. The molecule has 2 aromatic rings. The zero-order chi connectivity index (χ0) is 19.6. The van der Waals surface area contributed by atoms with Gasteiger partial charge in [0, 0.05) is 17.7 Å². The number of benzene rings is 2. The van der Waals surface area contributed by atoms with Crippen LogP contribution in [0.1, 0.15) is 35.8 Å². The molecule has 0 aromatic heterocycles. The standard InChI is InChI=1S/C19H18F2N2O4/c1-10(12-3-4-14(20)15(21)5-12)22-8-19(25)23-16-7-18-17(26-9-27-18)6-13(16)11(2)24/h3-7,10,22H,8-9H2,1-2H3,(H,23,25)/t10-/m0/s1. The maximum Gasteiger partial charge on any atom is 0.238 e. The number of ketones is 1. The second kappa shape index (κ2) is 7.71. The number of hydrogen-bond donors (Lipinski definition) is 2. The van der Waals surface area contributed by atoms with Gasteiger partial charge in [-0.25, -0.2) is 8.78 Å². The molecule has 6 nitrogen and oxygen atoms in total. The zero-order valence-electron chi connectivity index (χ0n) is 14.8. The van der Waals surface area contributed by atoms with E-state index in [4.69, 9.17) is 9.47 Å². The van der Waals surface area contributed by atoms with Gasteiger partial charge < -0.3 is 20.1 Å². The predicted molar refractivity (Wildman–Crippen MR) is 94.0 cm³/mol. The molecule has 1 amide bonds. The van der Waals surface area contributed by atoms with Gasteiger partial charge in [-0.3, -0.25) is 9.59 Å². The number of fused-ring (bicyclic) bond motifs is 1. The topological polar surface area (TPSA) is 76.7 Å². The molecule has 1 atom stereocenters. The highest BCUT2D eigenvalue weighted by molar-refractivity contribution is 6.05. The normalized spacial score (nSPS) is 13.3. The van der Waals surface area contributed by atoms with Crippen LogP contribution in [0.5, 0.6) is 11.5 Å². The van der Waals surface area contributed by atoms with E-state index in [0.29, 0.717) is 28.3 Å². The fourth-order valence-electron chi connectivity index (χ4n) is 2.68. The molecule has 0 saturated heterocycles. The lowest BCUT2D eigenvalue weighted by Crippen LogP contribution is -2.30. The minimum Gasteiger partial charge on any atom is -0.454 e. The number of ether oxygens (including phenoxy) is 2. The molecule has 0 saturated carbocycles. The number of carbonyl (C=O) groups excluding carboxylic acids is 2. The van der Waals surface area contributed by atoms with E-state index in [-0.39, 0.29) is 25.2 Å². The molecule has 8 heteroatoms. The summed E-state index contributed by atoms with van der Waals surface area (Å²) in [5, 5.41) is 5.58. The number of anilines is 1. The largest absolute Gasteiger partial charge is 0.454 e. The van der Waals surface area contributed by atoms with Gasteiger partial charge >= 0.3 is 0 Å². The molecule has 0 fully saturated rings. The number of hydrogen-bond acceptors (Lipinski definition) is 5. The maximum atomic E-state index is 13.3. The SMILES string of the molecule is CC(=O)c1cc2c(cc1NC(=O)CN[C@@H](C)c1ccc(F)c(F)c1)OCO2. The zero-order valence-corrected chi connectivity index (χ0v) is 14.8. The lowest BCUT2D eigenvalue weighted by molar-refractivity contribution is -0.115. The molecule has 0 spiro atoms. The summed E-state index contributed by atoms with van der Waals surface area (Å²) in [5.74, 6) is -1.61. The van der Waals surface area contributed by atoms with Crippen LogP contribution < -0.4 is 20.1 Å². The van der Waals surface area contributed by atoms with Crippen LogP contribution in [0.2, 0.25) is 0 Å². The van der Waals surface area contributed by atoms with E-state index >= 15 is 0 Å². The van der Waals surface area contributed by atoms with Crippen molar-refractivity contribution in [2.24, 2.45) is 0 Å². The third-order valence-corrected chi connectivity index (χ3v) is 4.18. The van der Waals surface area contributed by atoms with E-state index in [2.05, 4.69) is 10.6 Å². The number of Topliss-reactive ketones (excluding diaryl/α,β-unsaturated/α-hetero) is 1. The van der Waals surface area contributed by atoms with Crippen LogP contribution in [0.25, 0.3) is 0 Å². The third kappa shape index (κ3) is 4.22. The molecule has 2 aromatic carbocycles. The van der Waals surface area contributed by atoms with Crippen molar-refractivity contribution in [2.75, 3.05) is 18.7 Å². The molecule has 0 unspecified atom stereocenters. The van der Waals surface area contributed by atoms with Crippen molar-refractivity contribution in [2.45, 2.75) is 19.9 Å². The van der Waals surface area contributed by atoms with Gasteiger partial charge in [-0.15, -0.1) is 0 Å². The monoisotopic (exact) mass is 376 g/mol. The van der Waals surface area contributed by atoms with E-state index in [1.807, 2.05) is 0 Å². The molecule has 0 radical (unpaired) electrons. The van der Waals surface area contributed by atoms with Gasteiger partial charge in [-0.1, -0.05) is 6.07 Å². The second-order valence-electron chi connectivity index (χ2n) is 6.13. The van der Waals surface area contributed by atoms with Gasteiger partial charge in [0.25, 0.3) is 0 Å². The second-order valence-corrected chi connectivity index (χ2v) is 6.13. The molecule has 27 heavy (non-hydrogen) atoms. The van der Waals surface area contributed by atoms with Crippen LogP contribution in [-0.4, -0.2) is 25.0 Å². The van der Waals surface area contributed by atoms with Crippen LogP contribution in [-0.2, 0) is 4.79 Å². The van der Waals surface area contributed by atoms with Gasteiger partial charge in [0.2, 0.25) is 12.7 Å². The molecule has 1 aliphatic heterocycles. The van der Waals surface area contributed by atoms with E-state index in [1.165, 1.54) is 25.1 Å². The van der Waals surface area contributed by atoms with E-state index < -0.39 is 17.5 Å². The van der Waals surface area contributed by atoms with Crippen molar-refractivity contribution in [3.63, 3.8) is 0 Å². The number of amides is 1. The summed E-state index contributed by atoms with van der Waals surface area (Å²) in [4.78, 5) is 24.1. The van der Waals surface area contributed by atoms with E-state index in [1.54, 1.807) is 6.92 Å².